The van der Waals surface area contributed by atoms with E-state index in [-0.39, 0.29) is 18.9 Å². The SMILES string of the molecule is Cc1cccc(N(CCC(N)=O)C(=O)C(C)(C)N=[N+]=[N-])c1. The molecular weight excluding hydrogens is 270 g/mol. The number of aryl methyl sites for hydroxylation is 1. The van der Waals surface area contributed by atoms with Crippen LogP contribution in [0.5, 0.6) is 0 Å². The highest BCUT2D eigenvalue weighted by molar-refractivity contribution is 6.00. The van der Waals surface area contributed by atoms with Gasteiger partial charge in [0.1, 0.15) is 5.54 Å². The van der Waals surface area contributed by atoms with Crippen molar-refractivity contribution >= 4 is 17.5 Å². The first-order valence-electron chi connectivity index (χ1n) is 6.51. The fourth-order valence-electron chi connectivity index (χ4n) is 1.85. The molecule has 1 aromatic carbocycles. The van der Waals surface area contributed by atoms with Gasteiger partial charge in [0.2, 0.25) is 11.8 Å². The van der Waals surface area contributed by atoms with Crippen LogP contribution >= 0.6 is 0 Å². The summed E-state index contributed by atoms with van der Waals surface area (Å²) in [6.45, 7) is 5.10. The molecule has 0 fully saturated rings. The Morgan fingerprint density at radius 3 is 2.62 bits per heavy atom. The zero-order valence-electron chi connectivity index (χ0n) is 12.4. The van der Waals surface area contributed by atoms with Crippen LogP contribution in [0.4, 0.5) is 5.69 Å². The summed E-state index contributed by atoms with van der Waals surface area (Å²) in [5, 5.41) is 3.53. The standard InChI is InChI=1S/C14H19N5O2/c1-10-5-4-6-11(9-10)19(8-7-12(15)20)13(21)14(2,3)17-18-16/h4-6,9H,7-8H2,1-3H3,(H2,15,20). The highest BCUT2D eigenvalue weighted by atomic mass is 16.2. The molecule has 7 nitrogen and oxygen atoms in total. The number of primary amides is 1. The third-order valence-corrected chi connectivity index (χ3v) is 2.96. The van der Waals surface area contributed by atoms with Crippen LogP contribution in [0.3, 0.4) is 0 Å². The summed E-state index contributed by atoms with van der Waals surface area (Å²) in [5.41, 5.74) is 14.1. The van der Waals surface area contributed by atoms with Crippen LogP contribution in [0, 0.1) is 6.92 Å². The number of amides is 2. The summed E-state index contributed by atoms with van der Waals surface area (Å²) in [6, 6.07) is 7.30. The fraction of sp³-hybridized carbons (Fsp3) is 0.429. The second-order valence-corrected chi connectivity index (χ2v) is 5.26. The van der Waals surface area contributed by atoms with Gasteiger partial charge in [-0.05, 0) is 44.0 Å². The van der Waals surface area contributed by atoms with Gasteiger partial charge >= 0.3 is 0 Å². The second kappa shape index (κ2) is 6.76. The van der Waals surface area contributed by atoms with Crippen molar-refractivity contribution in [3.8, 4) is 0 Å². The number of nitrogens with two attached hydrogens (primary N) is 1. The molecule has 0 aromatic heterocycles. The number of nitrogens with zero attached hydrogens (tertiary/aromatic N) is 4. The van der Waals surface area contributed by atoms with Crippen molar-refractivity contribution in [2.45, 2.75) is 32.7 Å². The van der Waals surface area contributed by atoms with E-state index in [0.29, 0.717) is 5.69 Å². The smallest absolute Gasteiger partial charge is 0.238 e. The average Bonchev–Trinajstić information content (AvgIpc) is 2.38. The molecule has 0 aliphatic heterocycles. The van der Waals surface area contributed by atoms with Crippen LogP contribution in [0.1, 0.15) is 25.8 Å². The number of rotatable bonds is 6. The van der Waals surface area contributed by atoms with Gasteiger partial charge in [-0.3, -0.25) is 9.59 Å². The number of benzene rings is 1. The van der Waals surface area contributed by atoms with E-state index in [0.717, 1.165) is 5.56 Å². The monoisotopic (exact) mass is 289 g/mol. The number of carbonyl (C=O) groups is 2. The third kappa shape index (κ3) is 4.50. The molecule has 7 heteroatoms. The average molecular weight is 289 g/mol. The molecule has 0 saturated heterocycles. The normalized spacial score (nSPS) is 10.6. The second-order valence-electron chi connectivity index (χ2n) is 5.26. The molecule has 0 unspecified atom stereocenters. The predicted molar refractivity (Wildman–Crippen MR) is 80.6 cm³/mol. The van der Waals surface area contributed by atoms with E-state index >= 15 is 0 Å². The van der Waals surface area contributed by atoms with Crippen molar-refractivity contribution in [3.05, 3.63) is 40.3 Å². The summed E-state index contributed by atoms with van der Waals surface area (Å²) in [6.07, 6.45) is 0.0338. The van der Waals surface area contributed by atoms with Gasteiger partial charge in [0.05, 0.1) is 0 Å². The number of carbonyl (C=O) groups excluding carboxylic acids is 2. The Morgan fingerprint density at radius 2 is 2.10 bits per heavy atom. The van der Waals surface area contributed by atoms with Crippen LogP contribution < -0.4 is 10.6 Å². The van der Waals surface area contributed by atoms with Crippen molar-refractivity contribution in [1.82, 2.24) is 0 Å². The molecule has 2 amide bonds. The number of azide groups is 1. The predicted octanol–water partition coefficient (Wildman–Crippen LogP) is 2.29. The Hall–Kier alpha value is -2.53. The molecular formula is C14H19N5O2. The van der Waals surface area contributed by atoms with Gasteiger partial charge < -0.3 is 10.6 Å². The molecule has 0 saturated carbocycles. The Kier molecular flexibility index (Phi) is 5.32. The van der Waals surface area contributed by atoms with Crippen LogP contribution in [-0.4, -0.2) is 23.9 Å². The number of anilines is 1. The molecule has 21 heavy (non-hydrogen) atoms. The Labute approximate surface area is 123 Å². The maximum absolute atomic E-state index is 12.6. The van der Waals surface area contributed by atoms with Crippen LogP contribution in [0.15, 0.2) is 29.4 Å². The lowest BCUT2D eigenvalue weighted by atomic mass is 10.0. The molecule has 0 atom stereocenters. The van der Waals surface area contributed by atoms with E-state index in [9.17, 15) is 9.59 Å². The van der Waals surface area contributed by atoms with E-state index in [4.69, 9.17) is 11.3 Å². The van der Waals surface area contributed by atoms with Crippen molar-refractivity contribution in [1.29, 1.82) is 0 Å². The summed E-state index contributed by atoms with van der Waals surface area (Å²) >= 11 is 0. The Bertz CT molecular complexity index is 591. The largest absolute Gasteiger partial charge is 0.370 e. The molecule has 1 rings (SSSR count). The first-order chi connectivity index (χ1) is 9.77. The van der Waals surface area contributed by atoms with Gasteiger partial charge in [-0.15, -0.1) is 0 Å². The zero-order valence-corrected chi connectivity index (χ0v) is 12.4. The van der Waals surface area contributed by atoms with Crippen molar-refractivity contribution in [2.75, 3.05) is 11.4 Å². The number of hydrogen-bond acceptors (Lipinski definition) is 3. The van der Waals surface area contributed by atoms with Gasteiger partial charge in [0.25, 0.3) is 0 Å². The van der Waals surface area contributed by atoms with Crippen LogP contribution in [-0.2, 0) is 9.59 Å². The fourth-order valence-corrected chi connectivity index (χ4v) is 1.85. The molecule has 0 bridgehead atoms. The van der Waals surface area contributed by atoms with Crippen molar-refractivity contribution in [2.24, 2.45) is 10.8 Å². The summed E-state index contributed by atoms with van der Waals surface area (Å²) in [5.74, 6) is -0.880. The summed E-state index contributed by atoms with van der Waals surface area (Å²) in [7, 11) is 0. The molecule has 0 aliphatic carbocycles. The lowest BCUT2D eigenvalue weighted by Gasteiger charge is -2.29. The van der Waals surface area contributed by atoms with E-state index < -0.39 is 11.4 Å². The lowest BCUT2D eigenvalue weighted by Crippen LogP contribution is -2.45. The molecule has 0 heterocycles. The zero-order chi connectivity index (χ0) is 16.0. The first kappa shape index (κ1) is 16.5. The molecule has 0 aliphatic rings. The molecule has 0 radical (unpaired) electrons. The van der Waals surface area contributed by atoms with E-state index in [1.54, 1.807) is 6.07 Å². The van der Waals surface area contributed by atoms with Gasteiger partial charge in [-0.2, -0.15) is 0 Å². The quantitative estimate of drug-likeness (QED) is 0.492. The highest BCUT2D eigenvalue weighted by Crippen LogP contribution is 2.22. The van der Waals surface area contributed by atoms with E-state index in [2.05, 4.69) is 10.0 Å². The van der Waals surface area contributed by atoms with Crippen molar-refractivity contribution in [3.63, 3.8) is 0 Å². The summed E-state index contributed by atoms with van der Waals surface area (Å²) < 4.78 is 0. The van der Waals surface area contributed by atoms with Crippen molar-refractivity contribution < 1.29 is 9.59 Å². The van der Waals surface area contributed by atoms with Crippen LogP contribution in [0.25, 0.3) is 10.4 Å². The minimum Gasteiger partial charge on any atom is -0.370 e. The Balaban J connectivity index is 3.16. The molecule has 0 spiro atoms. The molecule has 1 aromatic rings. The summed E-state index contributed by atoms with van der Waals surface area (Å²) in [4.78, 5) is 27.7. The van der Waals surface area contributed by atoms with Gasteiger partial charge in [-0.25, -0.2) is 0 Å². The van der Waals surface area contributed by atoms with E-state index in [1.165, 1.54) is 18.7 Å². The maximum atomic E-state index is 12.6. The topological polar surface area (TPSA) is 112 Å². The minimum atomic E-state index is -1.24. The highest BCUT2D eigenvalue weighted by Gasteiger charge is 2.32. The molecule has 2 N–H and O–H groups in total. The van der Waals surface area contributed by atoms with Gasteiger partial charge in [-0.1, -0.05) is 17.2 Å². The third-order valence-electron chi connectivity index (χ3n) is 2.96. The maximum Gasteiger partial charge on any atom is 0.238 e. The van der Waals surface area contributed by atoms with Gasteiger partial charge in [0, 0.05) is 23.6 Å². The molecule has 112 valence electrons. The first-order valence-corrected chi connectivity index (χ1v) is 6.51. The van der Waals surface area contributed by atoms with E-state index in [1.807, 2.05) is 25.1 Å². The minimum absolute atomic E-state index is 0.0338. The van der Waals surface area contributed by atoms with Crippen LogP contribution in [0.2, 0.25) is 0 Å². The van der Waals surface area contributed by atoms with Gasteiger partial charge in [0.15, 0.2) is 0 Å². The lowest BCUT2D eigenvalue weighted by molar-refractivity contribution is -0.122. The number of hydrogen-bond donors (Lipinski definition) is 1. The Morgan fingerprint density at radius 1 is 1.43 bits per heavy atom.